The second-order valence-corrected chi connectivity index (χ2v) is 4.38. The number of carbonyl (C=O) groups excluding carboxylic acids is 1. The molecule has 5 atom stereocenters. The van der Waals surface area contributed by atoms with Crippen LogP contribution in [0.4, 0.5) is 0 Å². The summed E-state index contributed by atoms with van der Waals surface area (Å²) in [4.78, 5) is 21.9. The third kappa shape index (κ3) is 3.67. The van der Waals surface area contributed by atoms with E-state index in [0.29, 0.717) is 0 Å². The topological polar surface area (TPSA) is 157 Å². The van der Waals surface area contributed by atoms with Crippen LogP contribution in [0.15, 0.2) is 11.8 Å². The predicted octanol–water partition coefficient (Wildman–Crippen LogP) is -3.07. The quantitative estimate of drug-likeness (QED) is 0.311. The monoisotopic (exact) mass is 291 g/mol. The fourth-order valence-corrected chi connectivity index (χ4v) is 1.85. The number of amides is 1. The molecule has 0 aliphatic carbocycles. The smallest absolute Gasteiger partial charge is 0.370 e. The molecule has 1 aliphatic rings. The molecule has 0 saturated carbocycles. The second-order valence-electron chi connectivity index (χ2n) is 4.38. The minimum Gasteiger partial charge on any atom is -0.478 e. The molecule has 1 amide bonds. The average molecular weight is 291 g/mol. The van der Waals surface area contributed by atoms with Gasteiger partial charge in [0, 0.05) is 6.92 Å². The van der Waals surface area contributed by atoms with Crippen molar-refractivity contribution in [1.29, 1.82) is 0 Å². The highest BCUT2D eigenvalue weighted by molar-refractivity contribution is 5.84. The van der Waals surface area contributed by atoms with E-state index in [4.69, 9.17) is 14.9 Å². The van der Waals surface area contributed by atoms with Crippen LogP contribution in [-0.2, 0) is 14.3 Å². The summed E-state index contributed by atoms with van der Waals surface area (Å²) in [6, 6.07) is -1.16. The first-order chi connectivity index (χ1) is 9.27. The second kappa shape index (κ2) is 6.66. The molecule has 6 N–H and O–H groups in total. The zero-order valence-electron chi connectivity index (χ0n) is 10.6. The molecule has 0 bridgehead atoms. The van der Waals surface area contributed by atoms with Crippen LogP contribution in [0.25, 0.3) is 0 Å². The van der Waals surface area contributed by atoms with Gasteiger partial charge in [-0.15, -0.1) is 0 Å². The Labute approximate surface area is 114 Å². The van der Waals surface area contributed by atoms with E-state index in [1.807, 2.05) is 0 Å². The molecule has 9 heteroatoms. The Balaban J connectivity index is 3.04. The zero-order chi connectivity index (χ0) is 15.4. The van der Waals surface area contributed by atoms with Crippen molar-refractivity contribution < 1.29 is 39.9 Å². The third-order valence-corrected chi connectivity index (χ3v) is 2.81. The number of rotatable bonds is 5. The van der Waals surface area contributed by atoms with E-state index >= 15 is 0 Å². The number of aliphatic hydroxyl groups is 4. The lowest BCUT2D eigenvalue weighted by Crippen LogP contribution is -2.59. The van der Waals surface area contributed by atoms with E-state index in [0.717, 1.165) is 13.0 Å². The number of aliphatic hydroxyl groups excluding tert-OH is 4. The number of ether oxygens (including phenoxy) is 1. The van der Waals surface area contributed by atoms with Gasteiger partial charge in [-0.3, -0.25) is 4.79 Å². The lowest BCUT2D eigenvalue weighted by Gasteiger charge is -2.37. The molecular formula is C11H17NO8. The molecule has 1 aliphatic heterocycles. The van der Waals surface area contributed by atoms with Gasteiger partial charge in [0.25, 0.3) is 0 Å². The number of hydrogen-bond donors (Lipinski definition) is 6. The molecule has 114 valence electrons. The van der Waals surface area contributed by atoms with Crippen LogP contribution in [0.3, 0.4) is 0 Å². The predicted molar refractivity (Wildman–Crippen MR) is 63.3 cm³/mol. The van der Waals surface area contributed by atoms with Crippen LogP contribution < -0.4 is 5.32 Å². The number of nitrogens with one attached hydrogen (secondary N) is 1. The van der Waals surface area contributed by atoms with Crippen molar-refractivity contribution in [3.05, 3.63) is 11.8 Å². The summed E-state index contributed by atoms with van der Waals surface area (Å²) in [5.74, 6) is -2.63. The fourth-order valence-electron chi connectivity index (χ4n) is 1.85. The Morgan fingerprint density at radius 1 is 1.45 bits per heavy atom. The summed E-state index contributed by atoms with van der Waals surface area (Å²) < 4.78 is 4.98. The van der Waals surface area contributed by atoms with E-state index in [-0.39, 0.29) is 0 Å². The van der Waals surface area contributed by atoms with Crippen LogP contribution in [0.1, 0.15) is 6.92 Å². The van der Waals surface area contributed by atoms with E-state index in [1.165, 1.54) is 0 Å². The molecule has 0 aromatic rings. The lowest BCUT2D eigenvalue weighted by atomic mass is 9.94. The summed E-state index contributed by atoms with van der Waals surface area (Å²) in [5.41, 5.74) is 0. The highest BCUT2D eigenvalue weighted by atomic mass is 16.5. The molecule has 0 unspecified atom stereocenters. The minimum atomic E-state index is -1.70. The lowest BCUT2D eigenvalue weighted by molar-refractivity contribution is -0.149. The maximum absolute atomic E-state index is 11.1. The maximum Gasteiger partial charge on any atom is 0.370 e. The van der Waals surface area contributed by atoms with Crippen molar-refractivity contribution in [2.75, 3.05) is 6.61 Å². The Morgan fingerprint density at radius 3 is 2.50 bits per heavy atom. The van der Waals surface area contributed by atoms with Crippen LogP contribution in [0.2, 0.25) is 0 Å². The van der Waals surface area contributed by atoms with Crippen LogP contribution in [-0.4, -0.2) is 74.5 Å². The van der Waals surface area contributed by atoms with Gasteiger partial charge in [-0.2, -0.15) is 0 Å². The van der Waals surface area contributed by atoms with Gasteiger partial charge in [-0.1, -0.05) is 0 Å². The van der Waals surface area contributed by atoms with E-state index < -0.39 is 54.7 Å². The van der Waals surface area contributed by atoms with Gasteiger partial charge < -0.3 is 35.6 Å². The Kier molecular flexibility index (Phi) is 5.45. The summed E-state index contributed by atoms with van der Waals surface area (Å²) in [6.07, 6.45) is -5.29. The van der Waals surface area contributed by atoms with Gasteiger partial charge in [0.2, 0.25) is 11.7 Å². The van der Waals surface area contributed by atoms with E-state index in [2.05, 4.69) is 5.32 Å². The summed E-state index contributed by atoms with van der Waals surface area (Å²) in [6.45, 7) is 0.366. The molecule has 1 heterocycles. The van der Waals surface area contributed by atoms with Crippen molar-refractivity contribution in [1.82, 2.24) is 5.32 Å². The highest BCUT2D eigenvalue weighted by Crippen LogP contribution is 2.22. The largest absolute Gasteiger partial charge is 0.478 e. The number of carbonyl (C=O) groups is 2. The average Bonchev–Trinajstić information content (AvgIpc) is 2.38. The van der Waals surface area contributed by atoms with Gasteiger partial charge in [-0.25, -0.2) is 4.79 Å². The molecule has 0 spiro atoms. The van der Waals surface area contributed by atoms with Crippen LogP contribution >= 0.6 is 0 Å². The Bertz CT molecular complexity index is 409. The molecule has 9 nitrogen and oxygen atoms in total. The first-order valence-corrected chi connectivity index (χ1v) is 5.81. The number of carboxylic acids is 1. The standard InChI is InChI=1S/C11H17NO8/c1-4(14)12-8-5(15)2-7(11(18)19)20-10(8)9(17)6(16)3-13/h2,5-6,8-10,13,15-17H,3H2,1H3,(H,12,14)(H,18,19)/t5-,6+,8-,9+,10+/m0/s1. The van der Waals surface area contributed by atoms with Crippen LogP contribution in [0.5, 0.6) is 0 Å². The summed E-state index contributed by atoms with van der Waals surface area (Å²) >= 11 is 0. The molecule has 0 fully saturated rings. The molecule has 0 saturated heterocycles. The van der Waals surface area contributed by atoms with Gasteiger partial charge in [0.1, 0.15) is 18.3 Å². The van der Waals surface area contributed by atoms with Crippen LogP contribution in [0, 0.1) is 0 Å². The van der Waals surface area contributed by atoms with E-state index in [9.17, 15) is 24.9 Å². The molecular weight excluding hydrogens is 274 g/mol. The fraction of sp³-hybridized carbons (Fsp3) is 0.636. The maximum atomic E-state index is 11.1. The number of aliphatic carboxylic acids is 1. The SMILES string of the molecule is CC(=O)N[C@@H]1[C@H]([C@H](O)[C@H](O)CO)OC(C(=O)O)=C[C@@H]1O. The summed E-state index contributed by atoms with van der Waals surface area (Å²) in [7, 11) is 0. The molecule has 20 heavy (non-hydrogen) atoms. The Hall–Kier alpha value is -1.68. The Morgan fingerprint density at radius 2 is 2.05 bits per heavy atom. The molecule has 0 aromatic carbocycles. The first-order valence-electron chi connectivity index (χ1n) is 5.81. The molecule has 1 rings (SSSR count). The van der Waals surface area contributed by atoms with Crippen molar-refractivity contribution in [2.45, 2.75) is 37.4 Å². The summed E-state index contributed by atoms with van der Waals surface area (Å²) in [5, 5.41) is 49.0. The third-order valence-electron chi connectivity index (χ3n) is 2.81. The minimum absolute atomic E-state index is 0.541. The van der Waals surface area contributed by atoms with Crippen molar-refractivity contribution in [3.8, 4) is 0 Å². The zero-order valence-corrected chi connectivity index (χ0v) is 10.6. The number of carboxylic acid groups (broad SMARTS) is 1. The highest BCUT2D eigenvalue weighted by Gasteiger charge is 2.42. The van der Waals surface area contributed by atoms with Gasteiger partial charge in [0.15, 0.2) is 6.10 Å². The van der Waals surface area contributed by atoms with Crippen molar-refractivity contribution >= 4 is 11.9 Å². The normalized spacial score (nSPS) is 28.9. The van der Waals surface area contributed by atoms with Crippen molar-refractivity contribution in [3.63, 3.8) is 0 Å². The van der Waals surface area contributed by atoms with E-state index in [1.54, 1.807) is 0 Å². The van der Waals surface area contributed by atoms with Gasteiger partial charge in [-0.05, 0) is 6.08 Å². The molecule has 0 aromatic heterocycles. The van der Waals surface area contributed by atoms with Gasteiger partial charge >= 0.3 is 5.97 Å². The molecule has 0 radical (unpaired) electrons. The first kappa shape index (κ1) is 16.4. The van der Waals surface area contributed by atoms with Gasteiger partial charge in [0.05, 0.1) is 12.6 Å². The van der Waals surface area contributed by atoms with Crippen molar-refractivity contribution in [2.24, 2.45) is 0 Å². The number of hydrogen-bond acceptors (Lipinski definition) is 7.